The SMILES string of the molecule is C#C.CC/C=C(/C)SC. The second kappa shape index (κ2) is 10.6. The van der Waals surface area contributed by atoms with Crippen LogP contribution in [0.4, 0.5) is 0 Å². The van der Waals surface area contributed by atoms with Crippen LogP contribution in [0.5, 0.6) is 0 Å². The zero-order valence-electron chi connectivity index (χ0n) is 6.35. The van der Waals surface area contributed by atoms with Gasteiger partial charge in [0.2, 0.25) is 0 Å². The first kappa shape index (κ1) is 11.4. The highest BCUT2D eigenvalue weighted by molar-refractivity contribution is 8.02. The van der Waals surface area contributed by atoms with Gasteiger partial charge in [0.05, 0.1) is 0 Å². The fourth-order valence-electron chi connectivity index (χ4n) is 0.371. The van der Waals surface area contributed by atoms with Crippen LogP contribution in [0.3, 0.4) is 0 Å². The Labute approximate surface area is 62.7 Å². The highest BCUT2D eigenvalue weighted by Crippen LogP contribution is 2.09. The summed E-state index contributed by atoms with van der Waals surface area (Å²) in [6, 6.07) is 0. The fourth-order valence-corrected chi connectivity index (χ4v) is 0.704. The van der Waals surface area contributed by atoms with Gasteiger partial charge in [0.1, 0.15) is 0 Å². The predicted octanol–water partition coefficient (Wildman–Crippen LogP) is 2.91. The van der Waals surface area contributed by atoms with Crippen molar-refractivity contribution in [3.63, 3.8) is 0 Å². The molecule has 0 bridgehead atoms. The van der Waals surface area contributed by atoms with Gasteiger partial charge in [-0.15, -0.1) is 24.6 Å². The Morgan fingerprint density at radius 1 is 1.56 bits per heavy atom. The number of rotatable bonds is 2. The molecule has 0 radical (unpaired) electrons. The van der Waals surface area contributed by atoms with E-state index in [2.05, 4.69) is 39.0 Å². The molecule has 0 atom stereocenters. The van der Waals surface area contributed by atoms with Crippen molar-refractivity contribution in [2.75, 3.05) is 6.26 Å². The van der Waals surface area contributed by atoms with Crippen LogP contribution in [0.1, 0.15) is 20.3 Å². The molecule has 0 aromatic rings. The van der Waals surface area contributed by atoms with Gasteiger partial charge in [-0.1, -0.05) is 13.0 Å². The Balaban J connectivity index is 0. The fraction of sp³-hybridized carbons (Fsp3) is 0.500. The molecule has 0 N–H and O–H groups in total. The summed E-state index contributed by atoms with van der Waals surface area (Å²) in [6.45, 7) is 4.29. The number of hydrogen-bond donors (Lipinski definition) is 0. The summed E-state index contributed by atoms with van der Waals surface area (Å²) in [6.07, 6.45) is 13.5. The number of terminal acetylenes is 1. The Kier molecular flexibility index (Phi) is 13.5. The molecule has 0 aromatic heterocycles. The lowest BCUT2D eigenvalue weighted by Gasteiger charge is -1.88. The molecule has 0 aliphatic heterocycles. The van der Waals surface area contributed by atoms with Crippen LogP contribution in [0, 0.1) is 12.8 Å². The summed E-state index contributed by atoms with van der Waals surface area (Å²) in [4.78, 5) is 1.42. The summed E-state index contributed by atoms with van der Waals surface area (Å²) < 4.78 is 0. The molecule has 1 heteroatoms. The Hall–Kier alpha value is -0.350. The largest absolute Gasteiger partial charge is 0.135 e. The molecule has 0 rings (SSSR count). The van der Waals surface area contributed by atoms with Crippen LogP contribution in [0.15, 0.2) is 11.0 Å². The van der Waals surface area contributed by atoms with Crippen LogP contribution in [-0.4, -0.2) is 6.26 Å². The maximum Gasteiger partial charge on any atom is -0.0140 e. The van der Waals surface area contributed by atoms with E-state index in [9.17, 15) is 0 Å². The molecular formula is C8H14S. The third kappa shape index (κ3) is 11.3. The molecule has 0 nitrogen and oxygen atoms in total. The molecule has 0 aliphatic rings. The lowest BCUT2D eigenvalue weighted by molar-refractivity contribution is 1.21. The topological polar surface area (TPSA) is 0 Å². The highest BCUT2D eigenvalue weighted by atomic mass is 32.2. The van der Waals surface area contributed by atoms with Crippen molar-refractivity contribution in [3.05, 3.63) is 11.0 Å². The summed E-state index contributed by atoms with van der Waals surface area (Å²) in [5.74, 6) is 0. The smallest absolute Gasteiger partial charge is 0.0140 e. The molecule has 0 spiro atoms. The van der Waals surface area contributed by atoms with Crippen molar-refractivity contribution >= 4 is 11.8 Å². The van der Waals surface area contributed by atoms with Gasteiger partial charge in [0.25, 0.3) is 0 Å². The Bertz CT molecular complexity index is 90.0. The van der Waals surface area contributed by atoms with E-state index in [0.717, 1.165) is 6.42 Å². The molecular weight excluding hydrogens is 128 g/mol. The maximum absolute atomic E-state index is 4.00. The van der Waals surface area contributed by atoms with E-state index in [1.165, 1.54) is 4.91 Å². The van der Waals surface area contributed by atoms with Crippen molar-refractivity contribution in [1.82, 2.24) is 0 Å². The van der Waals surface area contributed by atoms with Crippen LogP contribution in [0.2, 0.25) is 0 Å². The first-order valence-electron chi connectivity index (χ1n) is 2.85. The third-order valence-corrected chi connectivity index (χ3v) is 1.62. The summed E-state index contributed by atoms with van der Waals surface area (Å²) >= 11 is 1.81. The van der Waals surface area contributed by atoms with Crippen molar-refractivity contribution < 1.29 is 0 Å². The highest BCUT2D eigenvalue weighted by Gasteiger charge is 1.77. The van der Waals surface area contributed by atoms with Crippen molar-refractivity contribution in [1.29, 1.82) is 0 Å². The van der Waals surface area contributed by atoms with E-state index in [1.807, 2.05) is 11.8 Å². The molecule has 9 heavy (non-hydrogen) atoms. The van der Waals surface area contributed by atoms with E-state index >= 15 is 0 Å². The first-order chi connectivity index (χ1) is 4.31. The van der Waals surface area contributed by atoms with E-state index in [0.29, 0.717) is 0 Å². The third-order valence-electron chi connectivity index (χ3n) is 0.814. The molecule has 0 amide bonds. The van der Waals surface area contributed by atoms with Crippen molar-refractivity contribution in [3.8, 4) is 12.8 Å². The van der Waals surface area contributed by atoms with Gasteiger partial charge in [-0.3, -0.25) is 0 Å². The second-order valence-corrected chi connectivity index (χ2v) is 2.48. The molecule has 0 fully saturated rings. The van der Waals surface area contributed by atoms with Gasteiger partial charge in [0, 0.05) is 0 Å². The standard InChI is InChI=1S/C6H12S.C2H2/c1-4-5-6(2)7-3;1-2/h5H,4H2,1-3H3;1-2H/b6-5-;. The first-order valence-corrected chi connectivity index (χ1v) is 4.07. The summed E-state index contributed by atoms with van der Waals surface area (Å²) in [5.41, 5.74) is 0. The average molecular weight is 142 g/mol. The molecule has 0 saturated heterocycles. The maximum atomic E-state index is 4.00. The minimum absolute atomic E-state index is 1.16. The van der Waals surface area contributed by atoms with Gasteiger partial charge in [0.15, 0.2) is 0 Å². The van der Waals surface area contributed by atoms with E-state index in [1.54, 1.807) is 0 Å². The van der Waals surface area contributed by atoms with Gasteiger partial charge in [-0.2, -0.15) is 0 Å². The summed E-state index contributed by atoms with van der Waals surface area (Å²) in [7, 11) is 0. The average Bonchev–Trinajstić information content (AvgIpc) is 1.93. The van der Waals surface area contributed by atoms with Crippen molar-refractivity contribution in [2.24, 2.45) is 0 Å². The van der Waals surface area contributed by atoms with E-state index < -0.39 is 0 Å². The lowest BCUT2D eigenvalue weighted by atomic mass is 10.4. The van der Waals surface area contributed by atoms with Gasteiger partial charge < -0.3 is 0 Å². The monoisotopic (exact) mass is 142 g/mol. The zero-order valence-corrected chi connectivity index (χ0v) is 7.16. The van der Waals surface area contributed by atoms with Gasteiger partial charge >= 0.3 is 0 Å². The number of allylic oxidation sites excluding steroid dienone is 2. The minimum atomic E-state index is 1.16. The molecule has 52 valence electrons. The molecule has 0 aromatic carbocycles. The van der Waals surface area contributed by atoms with E-state index in [-0.39, 0.29) is 0 Å². The van der Waals surface area contributed by atoms with Crippen LogP contribution in [-0.2, 0) is 0 Å². The normalized spacial score (nSPS) is 9.67. The lowest BCUT2D eigenvalue weighted by Crippen LogP contribution is -1.61. The molecule has 0 unspecified atom stereocenters. The second-order valence-electron chi connectivity index (χ2n) is 1.43. The van der Waals surface area contributed by atoms with Gasteiger partial charge in [-0.05, 0) is 24.5 Å². The van der Waals surface area contributed by atoms with Crippen LogP contribution in [0.25, 0.3) is 0 Å². The zero-order chi connectivity index (χ0) is 7.70. The van der Waals surface area contributed by atoms with Gasteiger partial charge in [-0.25, -0.2) is 0 Å². The quantitative estimate of drug-likeness (QED) is 0.534. The summed E-state index contributed by atoms with van der Waals surface area (Å²) in [5, 5.41) is 0. The molecule has 0 aliphatic carbocycles. The van der Waals surface area contributed by atoms with Crippen LogP contribution < -0.4 is 0 Å². The van der Waals surface area contributed by atoms with E-state index in [4.69, 9.17) is 0 Å². The Morgan fingerprint density at radius 3 is 2.11 bits per heavy atom. The minimum Gasteiger partial charge on any atom is -0.135 e. The number of hydrogen-bond acceptors (Lipinski definition) is 1. The molecule has 0 heterocycles. The Morgan fingerprint density at radius 2 is 2.00 bits per heavy atom. The van der Waals surface area contributed by atoms with Crippen LogP contribution >= 0.6 is 11.8 Å². The predicted molar refractivity (Wildman–Crippen MR) is 47.5 cm³/mol. The molecule has 0 saturated carbocycles. The number of thioether (sulfide) groups is 1. The van der Waals surface area contributed by atoms with Crippen molar-refractivity contribution in [2.45, 2.75) is 20.3 Å².